The molecule has 34 heavy (non-hydrogen) atoms. The molecule has 0 aromatic heterocycles. The number of halogens is 4. The van der Waals surface area contributed by atoms with Crippen LogP contribution in [0.3, 0.4) is 0 Å². The predicted molar refractivity (Wildman–Crippen MR) is 129 cm³/mol. The number of hydrogen-bond donors (Lipinski definition) is 0. The summed E-state index contributed by atoms with van der Waals surface area (Å²) >= 11 is 0. The maximum atomic E-state index is 15.0. The quantitative estimate of drug-likeness (QED) is 0.186. The van der Waals surface area contributed by atoms with Gasteiger partial charge in [-0.15, -0.1) is 0 Å². The lowest BCUT2D eigenvalue weighted by atomic mass is 9.96. The summed E-state index contributed by atoms with van der Waals surface area (Å²) in [6.45, 7) is 2.19. The van der Waals surface area contributed by atoms with Crippen molar-refractivity contribution in [2.24, 2.45) is 0 Å². The number of rotatable bonds is 8. The summed E-state index contributed by atoms with van der Waals surface area (Å²) in [7, 11) is 1.12. The van der Waals surface area contributed by atoms with Crippen LogP contribution in [0.15, 0.2) is 60.7 Å². The SMILES string of the molecule is CCCCCCc1ccc2cc(-c3cc(F)c(-c4cc(F)c(OC)c(F)c4)c(F)c3)ccc2c1. The minimum Gasteiger partial charge on any atom is -0.491 e. The summed E-state index contributed by atoms with van der Waals surface area (Å²) in [5, 5.41) is 2.04. The van der Waals surface area contributed by atoms with E-state index in [1.807, 2.05) is 24.3 Å². The fourth-order valence-electron chi connectivity index (χ4n) is 4.30. The van der Waals surface area contributed by atoms with Gasteiger partial charge in [0.05, 0.1) is 12.7 Å². The number of unbranched alkanes of at least 4 members (excludes halogenated alkanes) is 3. The van der Waals surface area contributed by atoms with Crippen molar-refractivity contribution >= 4 is 10.8 Å². The van der Waals surface area contributed by atoms with E-state index >= 15 is 0 Å². The smallest absolute Gasteiger partial charge is 0.190 e. The first-order valence-corrected chi connectivity index (χ1v) is 11.5. The Morgan fingerprint density at radius 3 is 1.88 bits per heavy atom. The van der Waals surface area contributed by atoms with Crippen molar-refractivity contribution in [1.82, 2.24) is 0 Å². The molecule has 0 N–H and O–H groups in total. The highest BCUT2D eigenvalue weighted by Gasteiger charge is 2.19. The van der Waals surface area contributed by atoms with Crippen LogP contribution in [0.4, 0.5) is 17.6 Å². The van der Waals surface area contributed by atoms with Crippen molar-refractivity contribution in [3.05, 3.63) is 89.5 Å². The molecule has 0 saturated carbocycles. The van der Waals surface area contributed by atoms with Crippen molar-refractivity contribution in [2.45, 2.75) is 39.0 Å². The first kappa shape index (κ1) is 23.8. The van der Waals surface area contributed by atoms with Crippen LogP contribution in [-0.4, -0.2) is 7.11 Å². The third kappa shape index (κ3) is 4.93. The lowest BCUT2D eigenvalue weighted by Gasteiger charge is -2.12. The molecule has 0 amide bonds. The number of hydrogen-bond acceptors (Lipinski definition) is 1. The van der Waals surface area contributed by atoms with Gasteiger partial charge in [0.1, 0.15) is 11.6 Å². The minimum atomic E-state index is -1.03. The topological polar surface area (TPSA) is 9.23 Å². The molecule has 0 fully saturated rings. The molecule has 0 heterocycles. The van der Waals surface area contributed by atoms with E-state index in [2.05, 4.69) is 23.8 Å². The zero-order valence-electron chi connectivity index (χ0n) is 19.2. The summed E-state index contributed by atoms with van der Waals surface area (Å²) in [5.74, 6) is -4.45. The Morgan fingerprint density at radius 2 is 1.24 bits per heavy atom. The van der Waals surface area contributed by atoms with Crippen LogP contribution in [0.2, 0.25) is 0 Å². The van der Waals surface area contributed by atoms with Gasteiger partial charge in [-0.3, -0.25) is 0 Å². The Kier molecular flexibility index (Phi) is 7.20. The highest BCUT2D eigenvalue weighted by atomic mass is 19.1. The first-order chi connectivity index (χ1) is 16.4. The van der Waals surface area contributed by atoms with Gasteiger partial charge in [0, 0.05) is 0 Å². The van der Waals surface area contributed by atoms with E-state index in [-0.39, 0.29) is 5.56 Å². The number of ether oxygens (including phenoxy) is 1. The number of methoxy groups -OCH3 is 1. The molecule has 5 heteroatoms. The predicted octanol–water partition coefficient (Wildman–Crippen LogP) is 8.86. The summed E-state index contributed by atoms with van der Waals surface area (Å²) in [6.07, 6.45) is 5.85. The van der Waals surface area contributed by atoms with E-state index in [1.54, 1.807) is 0 Å². The van der Waals surface area contributed by atoms with Crippen molar-refractivity contribution in [1.29, 1.82) is 0 Å². The Labute approximate surface area is 197 Å². The summed E-state index contributed by atoms with van der Waals surface area (Å²) in [5.41, 5.74) is 1.55. The first-order valence-electron chi connectivity index (χ1n) is 11.5. The van der Waals surface area contributed by atoms with E-state index in [4.69, 9.17) is 0 Å². The molecule has 0 aliphatic rings. The summed E-state index contributed by atoms with van der Waals surface area (Å²) < 4.78 is 62.7. The lowest BCUT2D eigenvalue weighted by Crippen LogP contribution is -1.97. The van der Waals surface area contributed by atoms with Crippen molar-refractivity contribution in [3.8, 4) is 28.0 Å². The Balaban J connectivity index is 1.64. The number of fused-ring (bicyclic) bond motifs is 1. The van der Waals surface area contributed by atoms with Crippen molar-refractivity contribution in [2.75, 3.05) is 7.11 Å². The van der Waals surface area contributed by atoms with Gasteiger partial charge in [-0.25, -0.2) is 17.6 Å². The largest absolute Gasteiger partial charge is 0.491 e. The molecule has 4 aromatic rings. The zero-order valence-corrected chi connectivity index (χ0v) is 19.2. The molecule has 0 bridgehead atoms. The summed E-state index contributed by atoms with van der Waals surface area (Å²) in [4.78, 5) is 0. The average Bonchev–Trinajstić information content (AvgIpc) is 2.81. The fourth-order valence-corrected chi connectivity index (χ4v) is 4.30. The number of aryl methyl sites for hydroxylation is 1. The summed E-state index contributed by atoms with van der Waals surface area (Å²) in [6, 6.07) is 16.0. The monoisotopic (exact) mass is 466 g/mol. The van der Waals surface area contributed by atoms with Gasteiger partial charge in [-0.05, 0) is 76.2 Å². The third-order valence-corrected chi connectivity index (χ3v) is 6.09. The minimum absolute atomic E-state index is 0.234. The van der Waals surface area contributed by atoms with Crippen LogP contribution in [0, 0.1) is 23.3 Å². The van der Waals surface area contributed by atoms with Crippen LogP contribution in [0.5, 0.6) is 5.75 Å². The average molecular weight is 467 g/mol. The molecule has 4 rings (SSSR count). The van der Waals surface area contributed by atoms with Crippen molar-refractivity contribution < 1.29 is 22.3 Å². The second-order valence-corrected chi connectivity index (χ2v) is 8.49. The Bertz CT molecular complexity index is 1280. The molecule has 0 aliphatic heterocycles. The van der Waals surface area contributed by atoms with Crippen LogP contribution >= 0.6 is 0 Å². The van der Waals surface area contributed by atoms with Gasteiger partial charge in [0.25, 0.3) is 0 Å². The Morgan fingerprint density at radius 1 is 0.618 bits per heavy atom. The second-order valence-electron chi connectivity index (χ2n) is 8.49. The molecule has 0 unspecified atom stereocenters. The number of benzene rings is 4. The van der Waals surface area contributed by atoms with Crippen LogP contribution in [0.1, 0.15) is 38.2 Å². The normalized spacial score (nSPS) is 11.2. The van der Waals surface area contributed by atoms with E-state index < -0.39 is 34.6 Å². The highest BCUT2D eigenvalue weighted by molar-refractivity contribution is 5.88. The van der Waals surface area contributed by atoms with Crippen molar-refractivity contribution in [3.63, 3.8) is 0 Å². The molecule has 1 nitrogen and oxygen atoms in total. The van der Waals surface area contributed by atoms with Gasteiger partial charge in [-0.2, -0.15) is 0 Å². The highest BCUT2D eigenvalue weighted by Crippen LogP contribution is 2.35. The van der Waals surface area contributed by atoms with Crippen LogP contribution < -0.4 is 4.74 Å². The van der Waals surface area contributed by atoms with Gasteiger partial charge in [0.2, 0.25) is 0 Å². The van der Waals surface area contributed by atoms with Gasteiger partial charge in [-0.1, -0.05) is 56.5 Å². The maximum Gasteiger partial charge on any atom is 0.190 e. The molecular formula is C29H26F4O. The molecular weight excluding hydrogens is 440 g/mol. The lowest BCUT2D eigenvalue weighted by molar-refractivity contribution is 0.360. The van der Waals surface area contributed by atoms with Crippen LogP contribution in [-0.2, 0) is 6.42 Å². The van der Waals surface area contributed by atoms with E-state index in [9.17, 15) is 17.6 Å². The molecule has 0 spiro atoms. The van der Waals surface area contributed by atoms with Gasteiger partial charge < -0.3 is 4.74 Å². The molecule has 0 aliphatic carbocycles. The molecule has 0 atom stereocenters. The van der Waals surface area contributed by atoms with Crippen LogP contribution in [0.25, 0.3) is 33.0 Å². The molecule has 4 aromatic carbocycles. The fraction of sp³-hybridized carbons (Fsp3) is 0.241. The third-order valence-electron chi connectivity index (χ3n) is 6.09. The maximum absolute atomic E-state index is 15.0. The van der Waals surface area contributed by atoms with Gasteiger partial charge >= 0.3 is 0 Å². The standard InChI is InChI=1S/C29H26F4O/c1-3-4-5-6-7-18-8-9-20-13-21(11-10-19(20)12-18)22-14-24(30)28(25(31)15-22)23-16-26(32)29(34-2)27(33)17-23/h8-17H,3-7H2,1-2H3. The zero-order chi connectivity index (χ0) is 24.2. The van der Waals surface area contributed by atoms with E-state index in [0.717, 1.165) is 42.9 Å². The molecule has 0 saturated heterocycles. The van der Waals surface area contributed by atoms with Gasteiger partial charge in [0.15, 0.2) is 17.4 Å². The second kappa shape index (κ2) is 10.3. The Hall–Kier alpha value is -3.34. The molecule has 176 valence electrons. The van der Waals surface area contributed by atoms with E-state index in [0.29, 0.717) is 11.1 Å². The van der Waals surface area contributed by atoms with E-state index in [1.165, 1.54) is 37.0 Å². The molecule has 0 radical (unpaired) electrons.